The summed E-state index contributed by atoms with van der Waals surface area (Å²) in [6.45, 7) is 8.04. The number of aliphatic carboxylic acids is 1. The summed E-state index contributed by atoms with van der Waals surface area (Å²) >= 11 is 0. The Balaban J connectivity index is 4.22. The molecule has 20 heavy (non-hydrogen) atoms. The van der Waals surface area contributed by atoms with Crippen molar-refractivity contribution < 1.29 is 14.7 Å². The van der Waals surface area contributed by atoms with Gasteiger partial charge in [-0.05, 0) is 19.4 Å². The van der Waals surface area contributed by atoms with E-state index < -0.39 is 11.9 Å². The highest BCUT2D eigenvalue weighted by molar-refractivity contribution is 5.78. The van der Waals surface area contributed by atoms with Crippen LogP contribution in [0.5, 0.6) is 0 Å². The molecule has 5 heteroatoms. The van der Waals surface area contributed by atoms with Crippen molar-refractivity contribution in [3.8, 4) is 0 Å². The molecular formula is C15H30N2O3. The van der Waals surface area contributed by atoms with Gasteiger partial charge in [0.05, 0.1) is 12.5 Å². The average Bonchev–Trinajstić information content (AvgIpc) is 2.40. The van der Waals surface area contributed by atoms with E-state index in [9.17, 15) is 9.59 Å². The highest BCUT2D eigenvalue weighted by Gasteiger charge is 2.17. The Kier molecular flexibility index (Phi) is 11.1. The molecular weight excluding hydrogens is 256 g/mol. The van der Waals surface area contributed by atoms with E-state index in [1.165, 1.54) is 12.8 Å². The van der Waals surface area contributed by atoms with Crippen LogP contribution in [0, 0.1) is 5.92 Å². The zero-order valence-electron chi connectivity index (χ0n) is 13.2. The van der Waals surface area contributed by atoms with E-state index in [-0.39, 0.29) is 5.91 Å². The fourth-order valence-corrected chi connectivity index (χ4v) is 1.99. The van der Waals surface area contributed by atoms with Gasteiger partial charge in [0, 0.05) is 13.1 Å². The topological polar surface area (TPSA) is 69.6 Å². The van der Waals surface area contributed by atoms with E-state index in [0.717, 1.165) is 25.8 Å². The Morgan fingerprint density at radius 3 is 2.40 bits per heavy atom. The molecule has 0 saturated carbocycles. The molecule has 0 aromatic heterocycles. The molecule has 1 unspecified atom stereocenters. The van der Waals surface area contributed by atoms with Crippen LogP contribution in [-0.2, 0) is 9.59 Å². The van der Waals surface area contributed by atoms with Crippen LogP contribution in [0.15, 0.2) is 0 Å². The third-order valence-electron chi connectivity index (χ3n) is 3.22. The van der Waals surface area contributed by atoms with Crippen LogP contribution in [-0.4, -0.2) is 48.1 Å². The Labute approximate surface area is 122 Å². The van der Waals surface area contributed by atoms with Gasteiger partial charge in [-0.15, -0.1) is 0 Å². The maximum atomic E-state index is 11.8. The van der Waals surface area contributed by atoms with Crippen molar-refractivity contribution in [2.45, 2.75) is 52.9 Å². The minimum absolute atomic E-state index is 0.0140. The van der Waals surface area contributed by atoms with Gasteiger partial charge in [0.15, 0.2) is 0 Å². The molecule has 0 aromatic rings. The van der Waals surface area contributed by atoms with Gasteiger partial charge in [0.2, 0.25) is 5.91 Å². The molecule has 5 nitrogen and oxygen atoms in total. The number of hydrogen-bond acceptors (Lipinski definition) is 3. The van der Waals surface area contributed by atoms with Crippen molar-refractivity contribution in [3.63, 3.8) is 0 Å². The lowest BCUT2D eigenvalue weighted by molar-refractivity contribution is -0.142. The molecule has 1 amide bonds. The predicted molar refractivity (Wildman–Crippen MR) is 80.7 cm³/mol. The third-order valence-corrected chi connectivity index (χ3v) is 3.22. The summed E-state index contributed by atoms with van der Waals surface area (Å²) in [5, 5.41) is 11.8. The van der Waals surface area contributed by atoms with Gasteiger partial charge < -0.3 is 10.4 Å². The van der Waals surface area contributed by atoms with E-state index in [1.54, 1.807) is 6.92 Å². The van der Waals surface area contributed by atoms with Crippen LogP contribution in [0.3, 0.4) is 0 Å². The summed E-state index contributed by atoms with van der Waals surface area (Å²) in [7, 11) is 0. The van der Waals surface area contributed by atoms with E-state index in [2.05, 4.69) is 12.2 Å². The highest BCUT2D eigenvalue weighted by atomic mass is 16.4. The number of hydrogen-bond donors (Lipinski definition) is 2. The van der Waals surface area contributed by atoms with Gasteiger partial charge in [0.1, 0.15) is 0 Å². The molecule has 0 aromatic carbocycles. The van der Waals surface area contributed by atoms with Crippen LogP contribution in [0.25, 0.3) is 0 Å². The largest absolute Gasteiger partial charge is 0.481 e. The molecule has 0 aliphatic heterocycles. The van der Waals surface area contributed by atoms with E-state index in [0.29, 0.717) is 19.6 Å². The van der Waals surface area contributed by atoms with Gasteiger partial charge in [-0.3, -0.25) is 14.5 Å². The maximum absolute atomic E-state index is 11.8. The van der Waals surface area contributed by atoms with Crippen molar-refractivity contribution in [1.82, 2.24) is 10.2 Å². The highest BCUT2D eigenvalue weighted by Crippen LogP contribution is 2.05. The normalized spacial score (nSPS) is 12.4. The summed E-state index contributed by atoms with van der Waals surface area (Å²) in [6, 6.07) is 0. The molecule has 0 heterocycles. The summed E-state index contributed by atoms with van der Waals surface area (Å²) in [5.41, 5.74) is 0. The lowest BCUT2D eigenvalue weighted by atomic mass is 10.1. The van der Waals surface area contributed by atoms with Crippen LogP contribution in [0.1, 0.15) is 52.9 Å². The molecule has 0 spiro atoms. The van der Waals surface area contributed by atoms with E-state index in [1.807, 2.05) is 11.8 Å². The van der Waals surface area contributed by atoms with Crippen molar-refractivity contribution >= 4 is 11.9 Å². The monoisotopic (exact) mass is 286 g/mol. The van der Waals surface area contributed by atoms with Crippen LogP contribution >= 0.6 is 0 Å². The Morgan fingerprint density at radius 1 is 1.15 bits per heavy atom. The number of amides is 1. The van der Waals surface area contributed by atoms with Gasteiger partial charge in [0.25, 0.3) is 0 Å². The second kappa shape index (κ2) is 11.7. The smallest absolute Gasteiger partial charge is 0.307 e. The standard InChI is InChI=1S/C15H30N2O3/c1-4-6-7-8-10-17(11-13(3)15(19)20)12-14(18)16-9-5-2/h13H,4-12H2,1-3H3,(H,16,18)(H,19,20). The molecule has 0 aliphatic rings. The lowest BCUT2D eigenvalue weighted by Gasteiger charge is -2.23. The van der Waals surface area contributed by atoms with Crippen molar-refractivity contribution in [1.29, 1.82) is 0 Å². The average molecular weight is 286 g/mol. The van der Waals surface area contributed by atoms with E-state index in [4.69, 9.17) is 5.11 Å². The summed E-state index contributed by atoms with van der Waals surface area (Å²) < 4.78 is 0. The molecule has 0 saturated heterocycles. The molecule has 118 valence electrons. The molecule has 0 bridgehead atoms. The first-order chi connectivity index (χ1) is 9.51. The molecule has 2 N–H and O–H groups in total. The van der Waals surface area contributed by atoms with Crippen LogP contribution < -0.4 is 5.32 Å². The quantitative estimate of drug-likeness (QED) is 0.539. The molecule has 0 aliphatic carbocycles. The van der Waals surface area contributed by atoms with Gasteiger partial charge in [-0.1, -0.05) is 40.0 Å². The molecule has 1 atom stereocenters. The number of unbranched alkanes of at least 4 members (excludes halogenated alkanes) is 3. The van der Waals surface area contributed by atoms with Crippen LogP contribution in [0.4, 0.5) is 0 Å². The van der Waals surface area contributed by atoms with Crippen LogP contribution in [0.2, 0.25) is 0 Å². The Hall–Kier alpha value is -1.10. The number of carboxylic acids is 1. The summed E-state index contributed by atoms with van der Waals surface area (Å²) in [5.74, 6) is -1.27. The third kappa shape index (κ3) is 9.78. The SMILES string of the molecule is CCCCCCN(CC(=O)NCCC)CC(C)C(=O)O. The number of carbonyl (C=O) groups excluding carboxylic acids is 1. The van der Waals surface area contributed by atoms with Crippen molar-refractivity contribution in [3.05, 3.63) is 0 Å². The van der Waals surface area contributed by atoms with E-state index >= 15 is 0 Å². The predicted octanol–water partition coefficient (Wildman–Crippen LogP) is 2.12. The van der Waals surface area contributed by atoms with Gasteiger partial charge in [-0.2, -0.15) is 0 Å². The molecule has 0 rings (SSSR count). The number of rotatable bonds is 12. The fraction of sp³-hybridized carbons (Fsp3) is 0.867. The molecule has 0 fully saturated rings. The summed E-state index contributed by atoms with van der Waals surface area (Å²) in [4.78, 5) is 24.7. The first kappa shape index (κ1) is 18.9. The number of carboxylic acid groups (broad SMARTS) is 1. The summed E-state index contributed by atoms with van der Waals surface area (Å²) in [6.07, 6.45) is 5.41. The zero-order valence-corrected chi connectivity index (χ0v) is 13.2. The molecule has 0 radical (unpaired) electrons. The first-order valence-corrected chi connectivity index (χ1v) is 7.73. The van der Waals surface area contributed by atoms with Gasteiger partial charge in [-0.25, -0.2) is 0 Å². The minimum atomic E-state index is -0.808. The number of nitrogens with zero attached hydrogens (tertiary/aromatic N) is 1. The van der Waals surface area contributed by atoms with Gasteiger partial charge >= 0.3 is 5.97 Å². The number of nitrogens with one attached hydrogen (secondary N) is 1. The minimum Gasteiger partial charge on any atom is -0.481 e. The lowest BCUT2D eigenvalue weighted by Crippen LogP contribution is -2.41. The second-order valence-corrected chi connectivity index (χ2v) is 5.39. The Bertz CT molecular complexity index is 282. The van der Waals surface area contributed by atoms with Crippen molar-refractivity contribution in [2.24, 2.45) is 5.92 Å². The second-order valence-electron chi connectivity index (χ2n) is 5.39. The Morgan fingerprint density at radius 2 is 1.85 bits per heavy atom. The fourth-order valence-electron chi connectivity index (χ4n) is 1.99. The first-order valence-electron chi connectivity index (χ1n) is 7.73. The zero-order chi connectivity index (χ0) is 15.4. The van der Waals surface area contributed by atoms with Crippen molar-refractivity contribution in [2.75, 3.05) is 26.2 Å². The maximum Gasteiger partial charge on any atom is 0.307 e. The number of carbonyl (C=O) groups is 2.